The average Bonchev–Trinajstić information content (AvgIpc) is 2.73. The normalized spacial score (nSPS) is 17.4. The summed E-state index contributed by atoms with van der Waals surface area (Å²) in [7, 11) is -1.15. The van der Waals surface area contributed by atoms with Crippen LogP contribution in [0.3, 0.4) is 0 Å². The number of carbonyl (C=O) groups excluding carboxylic acids is 1. The van der Waals surface area contributed by atoms with E-state index in [-0.39, 0.29) is 10.8 Å². The number of halogens is 3. The van der Waals surface area contributed by atoms with Gasteiger partial charge in [-0.05, 0) is 38.2 Å². The summed E-state index contributed by atoms with van der Waals surface area (Å²) in [6, 6.07) is 2.79. The molecule has 7 nitrogen and oxygen atoms in total. The van der Waals surface area contributed by atoms with Crippen LogP contribution in [-0.2, 0) is 21.0 Å². The Hall–Kier alpha value is -2.23. The van der Waals surface area contributed by atoms with Crippen molar-refractivity contribution in [2.45, 2.75) is 25.6 Å². The summed E-state index contributed by atoms with van der Waals surface area (Å²) in [4.78, 5) is 17.7. The lowest BCUT2D eigenvalue weighted by Gasteiger charge is -2.30. The molecular weight excluding hydrogens is 417 g/mol. The predicted octanol–water partition coefficient (Wildman–Crippen LogP) is 2.82. The number of nitrogens with zero attached hydrogens (tertiary/aromatic N) is 4. The molecule has 0 spiro atoms. The number of sulfonamides is 1. The van der Waals surface area contributed by atoms with Gasteiger partial charge in [-0.25, -0.2) is 17.6 Å². The third kappa shape index (κ3) is 3.69. The molecule has 0 saturated carbocycles. The van der Waals surface area contributed by atoms with Gasteiger partial charge in [0.1, 0.15) is 11.4 Å². The van der Waals surface area contributed by atoms with Gasteiger partial charge in [-0.3, -0.25) is 9.69 Å². The Kier molecular flexibility index (Phi) is 5.50. The van der Waals surface area contributed by atoms with E-state index in [1.165, 1.54) is 34.0 Å². The Morgan fingerprint density at radius 1 is 1.29 bits per heavy atom. The van der Waals surface area contributed by atoms with Crippen LogP contribution in [0.4, 0.5) is 24.5 Å². The molecule has 0 aromatic heterocycles. The Bertz CT molecular complexity index is 982. The number of hydrogen-bond acceptors (Lipinski definition) is 4. The van der Waals surface area contributed by atoms with Gasteiger partial charge < -0.3 is 4.90 Å². The maximum atomic E-state index is 13.3. The molecule has 1 amide bonds. The Morgan fingerprint density at radius 2 is 1.86 bits per heavy atom. The van der Waals surface area contributed by atoms with E-state index in [1.807, 2.05) is 0 Å². The Morgan fingerprint density at radius 3 is 2.32 bits per heavy atom. The molecule has 1 aromatic carbocycles. The monoisotopic (exact) mass is 434 g/mol. The van der Waals surface area contributed by atoms with Crippen LogP contribution in [-0.4, -0.2) is 54.2 Å². The molecule has 2 rings (SSSR count). The summed E-state index contributed by atoms with van der Waals surface area (Å²) < 4.78 is 65.3. The first kappa shape index (κ1) is 22.1. The van der Waals surface area contributed by atoms with Gasteiger partial charge in [0.25, 0.3) is 5.91 Å². The van der Waals surface area contributed by atoms with Crippen LogP contribution in [0.2, 0.25) is 0 Å². The van der Waals surface area contributed by atoms with Crippen LogP contribution < -0.4 is 4.90 Å². The van der Waals surface area contributed by atoms with Crippen molar-refractivity contribution in [3.05, 3.63) is 35.2 Å². The molecule has 1 saturated heterocycles. The van der Waals surface area contributed by atoms with Crippen molar-refractivity contribution in [3.63, 3.8) is 0 Å². The van der Waals surface area contributed by atoms with Gasteiger partial charge in [0, 0.05) is 19.8 Å². The lowest BCUT2D eigenvalue weighted by molar-refractivity contribution is -0.136. The molecule has 0 atom stereocenters. The quantitative estimate of drug-likeness (QED) is 0.539. The van der Waals surface area contributed by atoms with E-state index in [2.05, 4.69) is 4.85 Å². The molecule has 1 fully saturated rings. The number of amides is 1. The molecule has 1 heterocycles. The number of benzene rings is 1. The van der Waals surface area contributed by atoms with E-state index >= 15 is 0 Å². The van der Waals surface area contributed by atoms with Crippen molar-refractivity contribution < 1.29 is 26.4 Å². The van der Waals surface area contributed by atoms with Gasteiger partial charge >= 0.3 is 6.18 Å². The van der Waals surface area contributed by atoms with Gasteiger partial charge in [0.2, 0.25) is 10.0 Å². The summed E-state index contributed by atoms with van der Waals surface area (Å²) in [5.41, 5.74) is -3.39. The predicted molar refractivity (Wildman–Crippen MR) is 101 cm³/mol. The molecule has 152 valence electrons. The van der Waals surface area contributed by atoms with E-state index in [1.54, 1.807) is 0 Å². The Labute approximate surface area is 166 Å². The minimum absolute atomic E-state index is 0.187. The highest BCUT2D eigenvalue weighted by atomic mass is 32.2. The van der Waals surface area contributed by atoms with Gasteiger partial charge in [-0.15, -0.1) is 0 Å². The molecular formula is C16H17F3N4O3S2. The van der Waals surface area contributed by atoms with E-state index in [4.69, 9.17) is 18.8 Å². The first-order chi connectivity index (χ1) is 12.6. The van der Waals surface area contributed by atoms with E-state index < -0.39 is 44.8 Å². The highest BCUT2D eigenvalue weighted by Crippen LogP contribution is 2.40. The summed E-state index contributed by atoms with van der Waals surface area (Å²) in [6.45, 7) is 9.77. The van der Waals surface area contributed by atoms with Gasteiger partial charge in [0.15, 0.2) is 10.8 Å². The molecule has 0 radical (unpaired) electrons. The van der Waals surface area contributed by atoms with Crippen molar-refractivity contribution in [1.29, 1.82) is 0 Å². The number of carbonyl (C=O) groups is 1. The van der Waals surface area contributed by atoms with Crippen molar-refractivity contribution >= 4 is 44.6 Å². The zero-order valence-corrected chi connectivity index (χ0v) is 17.0. The smallest absolute Gasteiger partial charge is 0.318 e. The maximum absolute atomic E-state index is 13.3. The summed E-state index contributed by atoms with van der Waals surface area (Å²) in [5.74, 6) is -1.28. The maximum Gasteiger partial charge on any atom is 0.407 e. The lowest BCUT2D eigenvalue weighted by Crippen LogP contribution is -2.48. The topological polar surface area (TPSA) is 65.3 Å². The molecule has 0 N–H and O–H groups in total. The van der Waals surface area contributed by atoms with E-state index in [9.17, 15) is 26.4 Å². The first-order valence-electron chi connectivity index (χ1n) is 7.79. The lowest BCUT2D eigenvalue weighted by atomic mass is 10.0. The number of thiocarbonyl (C=S) groups is 1. The first-order valence-corrected chi connectivity index (χ1v) is 9.81. The average molecular weight is 434 g/mol. The summed E-state index contributed by atoms with van der Waals surface area (Å²) >= 11 is 5.23. The third-order valence-electron chi connectivity index (χ3n) is 4.34. The highest BCUT2D eigenvalue weighted by molar-refractivity contribution is 7.89. The van der Waals surface area contributed by atoms with Crippen LogP contribution in [0.25, 0.3) is 4.85 Å². The molecule has 28 heavy (non-hydrogen) atoms. The fourth-order valence-electron chi connectivity index (χ4n) is 2.55. The molecule has 0 aliphatic carbocycles. The van der Waals surface area contributed by atoms with E-state index in [0.717, 1.165) is 20.2 Å². The van der Waals surface area contributed by atoms with Crippen LogP contribution in [0.15, 0.2) is 18.2 Å². The minimum Gasteiger partial charge on any atom is -0.318 e. The van der Waals surface area contributed by atoms with Crippen LogP contribution in [0.1, 0.15) is 19.4 Å². The fraction of sp³-hybridized carbons (Fsp3) is 0.438. The zero-order valence-electron chi connectivity index (χ0n) is 15.4. The standard InChI is InChI=1S/C16H17F3N4O3S2/c1-15(2)13(24)23(14(27)22(15)9-28(25,26)21(4)5)10-6-7-12(20-3)11(8-10)16(17,18)19/h6-8H,9H2,1-2,4-5H3. The fourth-order valence-corrected chi connectivity index (χ4v) is 4.11. The number of hydrogen-bond donors (Lipinski definition) is 0. The molecule has 1 aliphatic heterocycles. The van der Waals surface area contributed by atoms with E-state index in [0.29, 0.717) is 6.07 Å². The molecule has 1 aromatic rings. The van der Waals surface area contributed by atoms with Gasteiger partial charge in [-0.1, -0.05) is 6.07 Å². The van der Waals surface area contributed by atoms with Crippen LogP contribution in [0.5, 0.6) is 0 Å². The number of anilines is 1. The molecule has 1 aliphatic rings. The zero-order chi connectivity index (χ0) is 21.7. The second-order valence-corrected chi connectivity index (χ2v) is 9.26. The van der Waals surface area contributed by atoms with Crippen molar-refractivity contribution in [2.75, 3.05) is 24.9 Å². The second-order valence-electron chi connectivity index (χ2n) is 6.74. The summed E-state index contributed by atoms with van der Waals surface area (Å²) in [5, 5.41) is -0.232. The van der Waals surface area contributed by atoms with Crippen LogP contribution >= 0.6 is 12.2 Å². The second kappa shape index (κ2) is 6.98. The highest BCUT2D eigenvalue weighted by Gasteiger charge is 2.51. The molecule has 0 bridgehead atoms. The van der Waals surface area contributed by atoms with Crippen molar-refractivity contribution in [1.82, 2.24) is 9.21 Å². The molecule has 0 unspecified atom stereocenters. The SMILES string of the molecule is [C-]#[N+]c1ccc(N2C(=O)C(C)(C)N(CS(=O)(=O)N(C)C)C2=S)cc1C(F)(F)F. The van der Waals surface area contributed by atoms with Crippen molar-refractivity contribution in [3.8, 4) is 0 Å². The third-order valence-corrected chi connectivity index (χ3v) is 6.44. The molecule has 12 heteroatoms. The Balaban J connectivity index is 2.55. The largest absolute Gasteiger partial charge is 0.407 e. The van der Waals surface area contributed by atoms with Crippen molar-refractivity contribution in [2.24, 2.45) is 0 Å². The summed E-state index contributed by atoms with van der Waals surface area (Å²) in [6.07, 6.45) is -4.80. The van der Waals surface area contributed by atoms with Gasteiger partial charge in [0.05, 0.1) is 12.1 Å². The van der Waals surface area contributed by atoms with Gasteiger partial charge in [-0.2, -0.15) is 13.2 Å². The minimum atomic E-state index is -4.80. The van der Waals surface area contributed by atoms with Crippen LogP contribution in [0, 0.1) is 6.57 Å². The number of alkyl halides is 3. The number of rotatable bonds is 4.